The molecule has 0 atom stereocenters. The normalized spacial score (nSPS) is 4.17. The van der Waals surface area contributed by atoms with Gasteiger partial charge < -0.3 is 12.1 Å². The molecule has 1 radical (unpaired) electrons. The summed E-state index contributed by atoms with van der Waals surface area (Å²) < 4.78 is 8.95. The van der Waals surface area contributed by atoms with E-state index in [0.29, 0.717) is 0 Å². The molecule has 0 fully saturated rings. The van der Waals surface area contributed by atoms with Gasteiger partial charge in [0.25, 0.3) is 0 Å². The topological polar surface area (TPSA) is 37.3 Å². The van der Waals surface area contributed by atoms with Crippen molar-refractivity contribution in [1.82, 2.24) is 0 Å². The van der Waals surface area contributed by atoms with Gasteiger partial charge in [-0.3, -0.25) is 0 Å². The number of hydrogen-bond donors (Lipinski definition) is 1. The van der Waals surface area contributed by atoms with Crippen LogP contribution in [-0.2, 0) is 4.46 Å². The zero-order valence-corrected chi connectivity index (χ0v) is 10.5. The van der Waals surface area contributed by atoms with Gasteiger partial charge in [0.2, 0.25) is 0 Å². The molecule has 0 spiro atoms. The van der Waals surface area contributed by atoms with Crippen LogP contribution in [0.25, 0.3) is 0 Å². The van der Waals surface area contributed by atoms with Gasteiger partial charge in [-0.25, -0.2) is 0 Å². The fourth-order valence-corrected chi connectivity index (χ4v) is 0. The minimum absolute atomic E-state index is 0. The van der Waals surface area contributed by atoms with E-state index in [1.807, 2.05) is 0 Å². The van der Waals surface area contributed by atoms with Crippen molar-refractivity contribution < 1.29 is 61.5 Å². The summed E-state index contributed by atoms with van der Waals surface area (Å²) in [6, 6.07) is 0. The minimum Gasteiger partial charge on any atom is -1.00 e. The maximum absolute atomic E-state index is 8.95. The molecular weight excluding hydrogens is 335 g/mol. The molecule has 0 unspecified atom stereocenters. The second kappa shape index (κ2) is 11.0. The molecule has 0 aliphatic rings. The van der Waals surface area contributed by atoms with E-state index in [0.717, 1.165) is 0 Å². The van der Waals surface area contributed by atoms with Crippen LogP contribution in [0, 0.1) is 49.4 Å². The molecule has 35 valence electrons. The molecule has 0 rings (SSSR count). The first-order valence-corrected chi connectivity index (χ1v) is 2.98. The maximum atomic E-state index is 8.95. The molecule has 0 aromatic carbocycles. The van der Waals surface area contributed by atoms with Gasteiger partial charge in [-0.05, 0) is 11.1 Å². The Morgan fingerprint density at radius 3 is 1.83 bits per heavy atom. The average Bonchev–Trinajstić information content (AvgIpc) is 0.811. The molecule has 6 heavy (non-hydrogen) atoms. The average molecular weight is 338 g/mol. The fourth-order valence-electron chi connectivity index (χ4n) is 0. The van der Waals surface area contributed by atoms with Gasteiger partial charge in [0.15, 0.2) is 0 Å². The van der Waals surface area contributed by atoms with E-state index in [-0.39, 0.29) is 97.7 Å². The maximum Gasteiger partial charge on any atom is 2.00 e. The van der Waals surface area contributed by atoms with Crippen molar-refractivity contribution in [1.29, 1.82) is 0 Å². The fraction of sp³-hybridized carbons (Fsp3) is 0. The van der Waals surface area contributed by atoms with Crippen LogP contribution >= 0.6 is 11.1 Å². The predicted molar refractivity (Wildman–Crippen MR) is 22.5 cm³/mol. The van der Waals surface area contributed by atoms with Crippen LogP contribution in [0.5, 0.6) is 0 Å². The Hall–Kier alpha value is 3.17. The van der Waals surface area contributed by atoms with Crippen LogP contribution in [0.15, 0.2) is 0 Å². The van der Waals surface area contributed by atoms with Gasteiger partial charge in [-0.1, -0.05) is 0 Å². The summed E-state index contributed by atoms with van der Waals surface area (Å²) in [4.78, 5) is 7.37. The van der Waals surface area contributed by atoms with Crippen molar-refractivity contribution in [3.05, 3.63) is 0 Å². The van der Waals surface area contributed by atoms with Crippen LogP contribution in [0.2, 0.25) is 0 Å². The molecule has 0 bridgehead atoms. The molecule has 0 aromatic heterocycles. The third-order valence-corrected chi connectivity index (χ3v) is 0. The summed E-state index contributed by atoms with van der Waals surface area (Å²) in [5.74, 6) is 0. The van der Waals surface area contributed by atoms with Gasteiger partial charge in [0.1, 0.15) is 0 Å². The summed E-state index contributed by atoms with van der Waals surface area (Å²) in [6.45, 7) is 0. The largest absolute Gasteiger partial charge is 2.00 e. The van der Waals surface area contributed by atoms with Gasteiger partial charge >= 0.3 is 53.7 Å². The molecule has 1 N–H and O–H groups in total. The van der Waals surface area contributed by atoms with Crippen molar-refractivity contribution in [2.45, 2.75) is 0 Å². The van der Waals surface area contributed by atoms with E-state index >= 15 is 0 Å². The van der Waals surface area contributed by atoms with Crippen LogP contribution in [0.4, 0.5) is 0 Å². The smallest absolute Gasteiger partial charge is 1.00 e. The molecule has 0 aromatic rings. The zero-order chi connectivity index (χ0) is 3.58. The molecule has 0 aliphatic carbocycles. The second-order valence-corrected chi connectivity index (χ2v) is 1.73. The van der Waals surface area contributed by atoms with Gasteiger partial charge in [0, 0.05) is 49.4 Å². The van der Waals surface area contributed by atoms with Gasteiger partial charge in [0.05, 0.1) is 0 Å². The van der Waals surface area contributed by atoms with Crippen molar-refractivity contribution >= 4 is 64.8 Å². The van der Waals surface area contributed by atoms with E-state index in [1.165, 1.54) is 0 Å². The third kappa shape index (κ3) is 27.2. The number of rotatable bonds is 0. The van der Waals surface area contributed by atoms with Crippen molar-refractivity contribution in [3.63, 3.8) is 0 Å². The van der Waals surface area contributed by atoms with E-state index in [2.05, 4.69) is 11.1 Å². The van der Waals surface area contributed by atoms with Crippen molar-refractivity contribution in [2.75, 3.05) is 0 Å². The monoisotopic (exact) mass is 339 g/mol. The van der Waals surface area contributed by atoms with E-state index < -0.39 is 8.24 Å². The Morgan fingerprint density at radius 1 is 1.83 bits per heavy atom. The van der Waals surface area contributed by atoms with E-state index in [4.69, 9.17) is 9.26 Å². The first-order valence-electron chi connectivity index (χ1n) is 0.617. The molecule has 6 heteroatoms. The van der Waals surface area contributed by atoms with Crippen LogP contribution in [0.3, 0.4) is 0 Å². The van der Waals surface area contributed by atoms with E-state index in [9.17, 15) is 0 Å². The molecule has 0 aliphatic heterocycles. The second-order valence-electron chi connectivity index (χ2n) is 0.253. The molecule has 0 saturated carbocycles. The quantitative estimate of drug-likeness (QED) is 0.477. The Bertz CT molecular complexity index is 43.0. The molecule has 0 heterocycles. The van der Waals surface area contributed by atoms with Crippen molar-refractivity contribution in [2.24, 2.45) is 0 Å². The van der Waals surface area contributed by atoms with E-state index in [1.54, 1.807) is 0 Å². The minimum atomic E-state index is -2.66. The first-order chi connectivity index (χ1) is 1.73. The van der Waals surface area contributed by atoms with Gasteiger partial charge in [-0.2, -0.15) is 0 Å². The Balaban J connectivity index is -0.00000000750. The Kier molecular flexibility index (Phi) is 29.6. The summed E-state index contributed by atoms with van der Waals surface area (Å²) in [7, 11) is -2.66. The number of halogens is 1. The predicted octanol–water partition coefficient (Wildman–Crippen LogP) is -0.523. The summed E-state index contributed by atoms with van der Waals surface area (Å²) in [5.41, 5.74) is 0. The molecule has 0 amide bonds. The van der Waals surface area contributed by atoms with Crippen LogP contribution < -0.4 is 0 Å². The van der Waals surface area contributed by atoms with Gasteiger partial charge in [-0.15, -0.1) is 0 Å². The zero-order valence-electron chi connectivity index (χ0n) is 4.82. The SMILES string of the molecule is O=[Si](O)Cl.[Eu].[H-].[H-].[Sr+2]. The number of hydrogen-bond acceptors (Lipinski definition) is 1. The summed E-state index contributed by atoms with van der Waals surface area (Å²) >= 11 is 4.38. The third-order valence-electron chi connectivity index (χ3n) is 0. The van der Waals surface area contributed by atoms with Crippen molar-refractivity contribution in [3.8, 4) is 0 Å². The Morgan fingerprint density at radius 2 is 1.83 bits per heavy atom. The molecule has 0 saturated heterocycles. The molecule has 2 nitrogen and oxygen atoms in total. The van der Waals surface area contributed by atoms with Crippen LogP contribution in [0.1, 0.15) is 2.85 Å². The Labute approximate surface area is 123 Å². The standard InChI is InChI=1S/ClHO2Si.Eu.Sr.2H/c1-4(2)3;;;;/h2H;;;;/q;;+2;2*-1. The first kappa shape index (κ1) is 16.1. The summed E-state index contributed by atoms with van der Waals surface area (Å²) in [6.07, 6.45) is 0. The molecular formula is H3ClEuO2SiSr. The van der Waals surface area contributed by atoms with Crippen LogP contribution in [-0.4, -0.2) is 58.5 Å². The summed E-state index contributed by atoms with van der Waals surface area (Å²) in [5, 5.41) is 0.